The first-order valence-corrected chi connectivity index (χ1v) is 5.62. The summed E-state index contributed by atoms with van der Waals surface area (Å²) >= 11 is 0. The van der Waals surface area contributed by atoms with Crippen LogP contribution in [-0.2, 0) is 10.2 Å². The molecule has 3 N–H and O–H groups in total. The summed E-state index contributed by atoms with van der Waals surface area (Å²) in [5.74, 6) is 6.20. The number of nitrogens with two attached hydrogens (primary N) is 1. The summed E-state index contributed by atoms with van der Waals surface area (Å²) in [6.07, 6.45) is 0. The second-order valence-electron chi connectivity index (χ2n) is 4.62. The van der Waals surface area contributed by atoms with Crippen molar-refractivity contribution in [2.24, 2.45) is 5.84 Å². The molecule has 5 heteroatoms. The molecule has 1 aromatic carbocycles. The minimum Gasteiger partial charge on any atom is -0.493 e. The quantitative estimate of drug-likeness (QED) is 0.481. The number of methoxy groups -OCH3 is 2. The molecule has 0 unspecified atom stereocenters. The number of nitrogens with one attached hydrogen (secondary N) is 1. The van der Waals surface area contributed by atoms with Crippen molar-refractivity contribution in [2.75, 3.05) is 14.2 Å². The highest BCUT2D eigenvalue weighted by Crippen LogP contribution is 2.36. The lowest BCUT2D eigenvalue weighted by molar-refractivity contribution is -0.125. The van der Waals surface area contributed by atoms with E-state index in [9.17, 15) is 4.79 Å². The third-order valence-electron chi connectivity index (χ3n) is 3.10. The number of hydrogen-bond acceptors (Lipinski definition) is 4. The molecule has 0 bridgehead atoms. The summed E-state index contributed by atoms with van der Waals surface area (Å²) in [4.78, 5) is 11.8. The first kappa shape index (κ1) is 14.3. The third-order valence-corrected chi connectivity index (χ3v) is 3.10. The van der Waals surface area contributed by atoms with Crippen LogP contribution in [0.25, 0.3) is 0 Å². The minimum atomic E-state index is -0.738. The van der Waals surface area contributed by atoms with Crippen molar-refractivity contribution in [2.45, 2.75) is 26.2 Å². The number of amides is 1. The Morgan fingerprint density at radius 1 is 1.22 bits per heavy atom. The molecule has 0 heterocycles. The predicted molar refractivity (Wildman–Crippen MR) is 69.6 cm³/mol. The van der Waals surface area contributed by atoms with Crippen molar-refractivity contribution in [3.05, 3.63) is 23.3 Å². The normalized spacial score (nSPS) is 11.0. The maximum atomic E-state index is 11.8. The molecule has 0 aliphatic carbocycles. The largest absolute Gasteiger partial charge is 0.493 e. The second-order valence-corrected chi connectivity index (χ2v) is 4.62. The van der Waals surface area contributed by atoms with E-state index >= 15 is 0 Å². The summed E-state index contributed by atoms with van der Waals surface area (Å²) in [5, 5.41) is 0. The topological polar surface area (TPSA) is 73.6 Å². The van der Waals surface area contributed by atoms with Crippen LogP contribution in [0.3, 0.4) is 0 Å². The molecule has 18 heavy (non-hydrogen) atoms. The fourth-order valence-electron chi connectivity index (χ4n) is 1.96. The lowest BCUT2D eigenvalue weighted by Gasteiger charge is -2.26. The van der Waals surface area contributed by atoms with Crippen LogP contribution >= 0.6 is 0 Å². The molecule has 0 spiro atoms. The molecular weight excluding hydrogens is 232 g/mol. The highest BCUT2D eigenvalue weighted by Gasteiger charge is 2.31. The standard InChI is InChI=1S/C13H20N2O3/c1-8-6-10(17-4)11(18-5)7-9(8)13(2,3)12(16)15-14/h6-7H,14H2,1-5H3,(H,15,16). The van der Waals surface area contributed by atoms with Crippen LogP contribution < -0.4 is 20.7 Å². The Hall–Kier alpha value is -1.75. The van der Waals surface area contributed by atoms with E-state index in [1.165, 1.54) is 0 Å². The van der Waals surface area contributed by atoms with Crippen molar-refractivity contribution in [3.63, 3.8) is 0 Å². The van der Waals surface area contributed by atoms with Gasteiger partial charge in [0.1, 0.15) is 0 Å². The Kier molecular flexibility index (Phi) is 4.19. The lowest BCUT2D eigenvalue weighted by atomic mass is 9.81. The number of hydrazine groups is 1. The molecular formula is C13H20N2O3. The van der Waals surface area contributed by atoms with Gasteiger partial charge in [0.05, 0.1) is 19.6 Å². The molecule has 0 aliphatic heterocycles. The Morgan fingerprint density at radius 2 is 1.72 bits per heavy atom. The number of hydrogen-bond donors (Lipinski definition) is 2. The summed E-state index contributed by atoms with van der Waals surface area (Å²) in [6, 6.07) is 3.66. The lowest BCUT2D eigenvalue weighted by Crippen LogP contribution is -2.44. The van der Waals surface area contributed by atoms with Crippen molar-refractivity contribution in [3.8, 4) is 11.5 Å². The first-order chi connectivity index (χ1) is 8.38. The van der Waals surface area contributed by atoms with Crippen LogP contribution in [-0.4, -0.2) is 20.1 Å². The van der Waals surface area contributed by atoms with E-state index in [2.05, 4.69) is 5.43 Å². The zero-order valence-electron chi connectivity index (χ0n) is 11.5. The van der Waals surface area contributed by atoms with Crippen LogP contribution in [0.4, 0.5) is 0 Å². The molecule has 0 atom stereocenters. The molecule has 0 aromatic heterocycles. The number of carbonyl (C=O) groups is 1. The van der Waals surface area contributed by atoms with E-state index in [0.29, 0.717) is 11.5 Å². The van der Waals surface area contributed by atoms with Gasteiger partial charge in [-0.05, 0) is 44.0 Å². The molecule has 0 saturated heterocycles. The minimum absolute atomic E-state index is 0.252. The third kappa shape index (κ3) is 2.41. The van der Waals surface area contributed by atoms with Gasteiger partial charge < -0.3 is 9.47 Å². The van der Waals surface area contributed by atoms with E-state index in [4.69, 9.17) is 15.3 Å². The van der Waals surface area contributed by atoms with Gasteiger partial charge in [-0.2, -0.15) is 0 Å². The molecule has 1 amide bonds. The van der Waals surface area contributed by atoms with Gasteiger partial charge in [-0.1, -0.05) is 0 Å². The average Bonchev–Trinajstić information content (AvgIpc) is 2.36. The van der Waals surface area contributed by atoms with E-state index in [-0.39, 0.29) is 5.91 Å². The van der Waals surface area contributed by atoms with Crippen molar-refractivity contribution < 1.29 is 14.3 Å². The SMILES string of the molecule is COc1cc(C)c(C(C)(C)C(=O)NN)cc1OC. The zero-order chi connectivity index (χ0) is 13.9. The van der Waals surface area contributed by atoms with Crippen molar-refractivity contribution >= 4 is 5.91 Å². The van der Waals surface area contributed by atoms with Crippen LogP contribution in [0.2, 0.25) is 0 Å². The first-order valence-electron chi connectivity index (χ1n) is 5.62. The van der Waals surface area contributed by atoms with E-state index in [0.717, 1.165) is 11.1 Å². The fraction of sp³-hybridized carbons (Fsp3) is 0.462. The highest BCUT2D eigenvalue weighted by atomic mass is 16.5. The average molecular weight is 252 g/mol. The number of carbonyl (C=O) groups excluding carboxylic acids is 1. The van der Waals surface area contributed by atoms with Gasteiger partial charge in [-0.3, -0.25) is 10.2 Å². The molecule has 0 fully saturated rings. The monoisotopic (exact) mass is 252 g/mol. The molecule has 1 rings (SSSR count). The van der Waals surface area contributed by atoms with E-state index in [1.54, 1.807) is 14.2 Å². The molecule has 1 aromatic rings. The highest BCUT2D eigenvalue weighted by molar-refractivity contribution is 5.87. The van der Waals surface area contributed by atoms with Crippen LogP contribution in [0.1, 0.15) is 25.0 Å². The summed E-state index contributed by atoms with van der Waals surface area (Å²) in [6.45, 7) is 5.54. The number of ether oxygens (including phenoxy) is 2. The summed E-state index contributed by atoms with van der Waals surface area (Å²) < 4.78 is 10.5. The van der Waals surface area contributed by atoms with E-state index < -0.39 is 5.41 Å². The fourth-order valence-corrected chi connectivity index (χ4v) is 1.96. The van der Waals surface area contributed by atoms with Crippen LogP contribution in [0, 0.1) is 6.92 Å². The van der Waals surface area contributed by atoms with Gasteiger partial charge in [-0.25, -0.2) is 5.84 Å². The van der Waals surface area contributed by atoms with Crippen molar-refractivity contribution in [1.82, 2.24) is 5.43 Å². The molecule has 100 valence electrons. The number of rotatable bonds is 4. The Bertz CT molecular complexity index is 456. The molecule has 0 aliphatic rings. The molecule has 5 nitrogen and oxygen atoms in total. The summed E-state index contributed by atoms with van der Waals surface area (Å²) in [7, 11) is 3.14. The van der Waals surface area contributed by atoms with Crippen LogP contribution in [0.15, 0.2) is 12.1 Å². The summed E-state index contributed by atoms with van der Waals surface area (Å²) in [5.41, 5.74) is 3.24. The van der Waals surface area contributed by atoms with Gasteiger partial charge in [-0.15, -0.1) is 0 Å². The maximum Gasteiger partial charge on any atom is 0.243 e. The van der Waals surface area contributed by atoms with E-state index in [1.807, 2.05) is 32.9 Å². The molecule has 0 saturated carbocycles. The van der Waals surface area contributed by atoms with Crippen molar-refractivity contribution in [1.29, 1.82) is 0 Å². The Morgan fingerprint density at radius 3 is 2.17 bits per heavy atom. The number of benzene rings is 1. The van der Waals surface area contributed by atoms with Gasteiger partial charge >= 0.3 is 0 Å². The van der Waals surface area contributed by atoms with Gasteiger partial charge in [0.15, 0.2) is 11.5 Å². The Labute approximate surface area is 107 Å². The smallest absolute Gasteiger partial charge is 0.243 e. The Balaban J connectivity index is 3.37. The van der Waals surface area contributed by atoms with Gasteiger partial charge in [0.25, 0.3) is 0 Å². The van der Waals surface area contributed by atoms with Crippen LogP contribution in [0.5, 0.6) is 11.5 Å². The van der Waals surface area contributed by atoms with Gasteiger partial charge in [0, 0.05) is 0 Å². The zero-order valence-corrected chi connectivity index (χ0v) is 11.5. The molecule has 0 radical (unpaired) electrons. The van der Waals surface area contributed by atoms with Gasteiger partial charge in [0.2, 0.25) is 5.91 Å². The predicted octanol–water partition coefficient (Wildman–Crippen LogP) is 1.28. The second kappa shape index (κ2) is 5.27. The number of aryl methyl sites for hydroxylation is 1. The maximum absolute atomic E-state index is 11.8.